The molecular formula is C19H19FN2O2S. The zero-order valence-corrected chi connectivity index (χ0v) is 14.9. The summed E-state index contributed by atoms with van der Waals surface area (Å²) in [5.41, 5.74) is 2.08. The van der Waals surface area contributed by atoms with E-state index in [-0.39, 0.29) is 5.82 Å². The molecule has 1 heterocycles. The van der Waals surface area contributed by atoms with Gasteiger partial charge in [0.15, 0.2) is 11.5 Å². The molecule has 1 aromatic heterocycles. The third kappa shape index (κ3) is 4.35. The lowest BCUT2D eigenvalue weighted by Crippen LogP contribution is -2.12. The first kappa shape index (κ1) is 17.4. The molecule has 6 heteroatoms. The summed E-state index contributed by atoms with van der Waals surface area (Å²) < 4.78 is 23.5. The van der Waals surface area contributed by atoms with Crippen LogP contribution in [0.5, 0.6) is 11.5 Å². The summed E-state index contributed by atoms with van der Waals surface area (Å²) in [5, 5.41) is 4.32. The molecule has 25 heavy (non-hydrogen) atoms. The lowest BCUT2D eigenvalue weighted by molar-refractivity contribution is 0.355. The van der Waals surface area contributed by atoms with Crippen molar-refractivity contribution in [3.05, 3.63) is 65.0 Å². The highest BCUT2D eigenvalue weighted by Gasteiger charge is 2.09. The zero-order valence-electron chi connectivity index (χ0n) is 14.1. The Kier molecular flexibility index (Phi) is 5.63. The average Bonchev–Trinajstić information content (AvgIpc) is 3.11. The lowest BCUT2D eigenvalue weighted by Gasteiger charge is -2.08. The van der Waals surface area contributed by atoms with E-state index in [0.29, 0.717) is 24.6 Å². The molecule has 0 bridgehead atoms. The minimum atomic E-state index is -0.219. The smallest absolute Gasteiger partial charge is 0.161 e. The van der Waals surface area contributed by atoms with Crippen LogP contribution in [0, 0.1) is 5.82 Å². The number of aromatic nitrogens is 1. The van der Waals surface area contributed by atoms with Gasteiger partial charge < -0.3 is 14.8 Å². The first-order chi connectivity index (χ1) is 12.2. The normalized spacial score (nSPS) is 10.7. The minimum absolute atomic E-state index is 0.219. The van der Waals surface area contributed by atoms with Crippen molar-refractivity contribution in [2.45, 2.75) is 13.1 Å². The molecule has 0 saturated heterocycles. The Morgan fingerprint density at radius 2 is 1.76 bits per heavy atom. The van der Waals surface area contributed by atoms with Crippen LogP contribution in [-0.2, 0) is 13.1 Å². The summed E-state index contributed by atoms with van der Waals surface area (Å²) in [6.07, 6.45) is 1.86. The Balaban J connectivity index is 1.63. The summed E-state index contributed by atoms with van der Waals surface area (Å²) in [6.45, 7) is 1.33. The van der Waals surface area contributed by atoms with Crippen molar-refractivity contribution in [3.63, 3.8) is 0 Å². The van der Waals surface area contributed by atoms with Gasteiger partial charge in [-0.2, -0.15) is 0 Å². The van der Waals surface area contributed by atoms with Crippen molar-refractivity contribution in [1.82, 2.24) is 10.3 Å². The number of nitrogens with zero attached hydrogens (tertiary/aromatic N) is 1. The summed E-state index contributed by atoms with van der Waals surface area (Å²) in [5.74, 6) is 1.18. The first-order valence-electron chi connectivity index (χ1n) is 7.82. The Morgan fingerprint density at radius 3 is 2.48 bits per heavy atom. The quantitative estimate of drug-likeness (QED) is 0.685. The van der Waals surface area contributed by atoms with Gasteiger partial charge in [-0.3, -0.25) is 0 Å². The fourth-order valence-corrected chi connectivity index (χ4v) is 3.31. The van der Waals surface area contributed by atoms with E-state index in [1.54, 1.807) is 37.7 Å². The molecule has 4 nitrogen and oxygen atoms in total. The number of benzene rings is 2. The van der Waals surface area contributed by atoms with Gasteiger partial charge in [0.1, 0.15) is 10.8 Å². The molecule has 0 amide bonds. The number of rotatable bonds is 7. The number of halogens is 1. The Labute approximate surface area is 150 Å². The highest BCUT2D eigenvalue weighted by atomic mass is 32.1. The molecule has 3 aromatic rings. The van der Waals surface area contributed by atoms with E-state index >= 15 is 0 Å². The molecule has 0 aliphatic carbocycles. The van der Waals surface area contributed by atoms with Crippen molar-refractivity contribution < 1.29 is 13.9 Å². The molecule has 0 atom stereocenters. The summed E-state index contributed by atoms with van der Waals surface area (Å²) in [7, 11) is 3.24. The van der Waals surface area contributed by atoms with Gasteiger partial charge in [-0.15, -0.1) is 11.3 Å². The van der Waals surface area contributed by atoms with E-state index in [0.717, 1.165) is 21.0 Å². The van der Waals surface area contributed by atoms with E-state index in [1.807, 2.05) is 24.4 Å². The van der Waals surface area contributed by atoms with Gasteiger partial charge in [-0.1, -0.05) is 12.1 Å². The van der Waals surface area contributed by atoms with Gasteiger partial charge in [0.2, 0.25) is 0 Å². The van der Waals surface area contributed by atoms with Crippen LogP contribution in [0.2, 0.25) is 0 Å². The van der Waals surface area contributed by atoms with E-state index in [1.165, 1.54) is 12.1 Å². The summed E-state index contributed by atoms with van der Waals surface area (Å²) in [6, 6.07) is 12.3. The predicted molar refractivity (Wildman–Crippen MR) is 97.6 cm³/mol. The maximum atomic E-state index is 12.9. The van der Waals surface area contributed by atoms with E-state index in [2.05, 4.69) is 10.3 Å². The third-order valence-corrected chi connectivity index (χ3v) is 4.79. The molecule has 130 valence electrons. The molecule has 0 radical (unpaired) electrons. The molecule has 0 aliphatic rings. The maximum Gasteiger partial charge on any atom is 0.161 e. The van der Waals surface area contributed by atoms with E-state index < -0.39 is 0 Å². The second-order valence-electron chi connectivity index (χ2n) is 5.42. The number of hydrogen-bond donors (Lipinski definition) is 1. The second kappa shape index (κ2) is 8.09. The van der Waals surface area contributed by atoms with Crippen LogP contribution in [-0.4, -0.2) is 19.2 Å². The van der Waals surface area contributed by atoms with Gasteiger partial charge in [0, 0.05) is 19.3 Å². The SMILES string of the molecule is COc1ccc(-c2cnc(CNCc3ccc(F)cc3)s2)cc1OC. The highest BCUT2D eigenvalue weighted by Crippen LogP contribution is 2.34. The molecule has 0 saturated carbocycles. The summed E-state index contributed by atoms with van der Waals surface area (Å²) >= 11 is 1.63. The lowest BCUT2D eigenvalue weighted by atomic mass is 10.2. The van der Waals surface area contributed by atoms with Crippen LogP contribution in [0.3, 0.4) is 0 Å². The maximum absolute atomic E-state index is 12.9. The molecule has 3 rings (SSSR count). The van der Waals surface area contributed by atoms with Crippen molar-refractivity contribution in [2.24, 2.45) is 0 Å². The highest BCUT2D eigenvalue weighted by molar-refractivity contribution is 7.15. The number of thiazole rings is 1. The topological polar surface area (TPSA) is 43.4 Å². The number of hydrogen-bond acceptors (Lipinski definition) is 5. The zero-order chi connectivity index (χ0) is 17.6. The Hall–Kier alpha value is -2.44. The monoisotopic (exact) mass is 358 g/mol. The van der Waals surface area contributed by atoms with E-state index in [4.69, 9.17) is 9.47 Å². The standard InChI is InChI=1S/C19H19FN2O2S/c1-23-16-8-5-14(9-17(16)24-2)18-11-22-19(25-18)12-21-10-13-3-6-15(20)7-4-13/h3-9,11,21H,10,12H2,1-2H3. The molecule has 0 spiro atoms. The predicted octanol–water partition coefficient (Wildman–Crippen LogP) is 4.26. The molecule has 0 fully saturated rings. The molecule has 0 aliphatic heterocycles. The van der Waals surface area contributed by atoms with Crippen molar-refractivity contribution in [3.8, 4) is 21.9 Å². The van der Waals surface area contributed by atoms with E-state index in [9.17, 15) is 4.39 Å². The molecular weight excluding hydrogens is 339 g/mol. The fourth-order valence-electron chi connectivity index (χ4n) is 2.43. The van der Waals surface area contributed by atoms with Crippen molar-refractivity contribution in [2.75, 3.05) is 14.2 Å². The van der Waals surface area contributed by atoms with Gasteiger partial charge in [0.25, 0.3) is 0 Å². The van der Waals surface area contributed by atoms with Gasteiger partial charge >= 0.3 is 0 Å². The van der Waals surface area contributed by atoms with Crippen LogP contribution in [0.15, 0.2) is 48.7 Å². The Morgan fingerprint density at radius 1 is 1.00 bits per heavy atom. The van der Waals surface area contributed by atoms with Crippen molar-refractivity contribution in [1.29, 1.82) is 0 Å². The summed E-state index contributed by atoms with van der Waals surface area (Å²) in [4.78, 5) is 5.53. The van der Waals surface area contributed by atoms with Gasteiger partial charge in [-0.25, -0.2) is 9.37 Å². The Bertz CT molecular complexity index is 834. The molecule has 0 unspecified atom stereocenters. The van der Waals surface area contributed by atoms with Gasteiger partial charge in [0.05, 0.1) is 19.1 Å². The average molecular weight is 358 g/mol. The molecule has 2 aromatic carbocycles. The van der Waals surface area contributed by atoms with Crippen LogP contribution in [0.25, 0.3) is 10.4 Å². The van der Waals surface area contributed by atoms with Crippen LogP contribution in [0.1, 0.15) is 10.6 Å². The second-order valence-corrected chi connectivity index (χ2v) is 6.53. The number of methoxy groups -OCH3 is 2. The van der Waals surface area contributed by atoms with Crippen LogP contribution in [0.4, 0.5) is 4.39 Å². The molecule has 1 N–H and O–H groups in total. The minimum Gasteiger partial charge on any atom is -0.493 e. The largest absolute Gasteiger partial charge is 0.493 e. The van der Waals surface area contributed by atoms with Crippen LogP contribution < -0.4 is 14.8 Å². The number of ether oxygens (including phenoxy) is 2. The third-order valence-electron chi connectivity index (χ3n) is 3.74. The fraction of sp³-hybridized carbons (Fsp3) is 0.211. The first-order valence-corrected chi connectivity index (χ1v) is 8.63. The number of nitrogens with one attached hydrogen (secondary N) is 1. The van der Waals surface area contributed by atoms with Crippen molar-refractivity contribution >= 4 is 11.3 Å². The van der Waals surface area contributed by atoms with Gasteiger partial charge in [-0.05, 0) is 41.5 Å². The van der Waals surface area contributed by atoms with Crippen LogP contribution >= 0.6 is 11.3 Å².